The summed E-state index contributed by atoms with van der Waals surface area (Å²) in [5.74, 6) is 0.624. The van der Waals surface area contributed by atoms with Crippen molar-refractivity contribution in [2.75, 3.05) is 6.61 Å². The minimum absolute atomic E-state index is 0.329. The molecule has 0 radical (unpaired) electrons. The Hall–Kier alpha value is -1.35. The Morgan fingerprint density at radius 2 is 1.70 bits per heavy atom. The van der Waals surface area contributed by atoms with Crippen molar-refractivity contribution in [2.24, 2.45) is 5.92 Å². The number of benzene rings is 2. The van der Waals surface area contributed by atoms with E-state index in [0.717, 1.165) is 23.6 Å². The van der Waals surface area contributed by atoms with Gasteiger partial charge in [0.05, 0.1) is 13.2 Å². The summed E-state index contributed by atoms with van der Waals surface area (Å²) in [6, 6.07) is 18.6. The Labute approximate surface area is 144 Å². The SMILES string of the molecule is CC(C)C[C@@H](COCc1ccccc1)NCc1ccccc1Cl. The predicted octanol–water partition coefficient (Wildman–Crippen LogP) is 5.06. The topological polar surface area (TPSA) is 21.3 Å². The second-order valence-electron chi connectivity index (χ2n) is 6.30. The number of ether oxygens (including phenoxy) is 1. The highest BCUT2D eigenvalue weighted by Crippen LogP contribution is 2.15. The molecule has 23 heavy (non-hydrogen) atoms. The van der Waals surface area contributed by atoms with Gasteiger partial charge in [0, 0.05) is 17.6 Å². The Balaban J connectivity index is 1.83. The van der Waals surface area contributed by atoms with Crippen LogP contribution in [-0.2, 0) is 17.9 Å². The fourth-order valence-electron chi connectivity index (χ4n) is 2.57. The fourth-order valence-corrected chi connectivity index (χ4v) is 2.77. The summed E-state index contributed by atoms with van der Waals surface area (Å²) in [7, 11) is 0. The van der Waals surface area contributed by atoms with Gasteiger partial charge in [-0.1, -0.05) is 74.0 Å². The summed E-state index contributed by atoms with van der Waals surface area (Å²) in [6.45, 7) is 6.61. The summed E-state index contributed by atoms with van der Waals surface area (Å²) in [5, 5.41) is 4.40. The molecule has 1 N–H and O–H groups in total. The molecule has 0 saturated carbocycles. The van der Waals surface area contributed by atoms with Gasteiger partial charge in [0.15, 0.2) is 0 Å². The van der Waals surface area contributed by atoms with E-state index in [4.69, 9.17) is 16.3 Å². The van der Waals surface area contributed by atoms with Crippen molar-refractivity contribution >= 4 is 11.6 Å². The van der Waals surface area contributed by atoms with Gasteiger partial charge in [-0.3, -0.25) is 0 Å². The standard InChI is InChI=1S/C20H26ClNO/c1-16(2)12-19(15-23-14-17-8-4-3-5-9-17)22-13-18-10-6-7-11-20(18)21/h3-11,16,19,22H,12-15H2,1-2H3/t19-/m0/s1. The van der Waals surface area contributed by atoms with Crippen molar-refractivity contribution in [3.05, 3.63) is 70.7 Å². The molecule has 2 aromatic rings. The minimum atomic E-state index is 0.329. The number of hydrogen-bond acceptors (Lipinski definition) is 2. The molecule has 0 heterocycles. The Morgan fingerprint density at radius 1 is 1.00 bits per heavy atom. The monoisotopic (exact) mass is 331 g/mol. The first-order chi connectivity index (χ1) is 11.1. The van der Waals surface area contributed by atoms with E-state index in [-0.39, 0.29) is 0 Å². The molecule has 0 aliphatic carbocycles. The first-order valence-corrected chi connectivity index (χ1v) is 8.61. The maximum Gasteiger partial charge on any atom is 0.0717 e. The summed E-state index contributed by atoms with van der Waals surface area (Å²) in [4.78, 5) is 0. The van der Waals surface area contributed by atoms with Gasteiger partial charge in [-0.25, -0.2) is 0 Å². The van der Waals surface area contributed by atoms with E-state index in [2.05, 4.69) is 37.4 Å². The van der Waals surface area contributed by atoms with Crippen LogP contribution in [0.2, 0.25) is 5.02 Å². The molecule has 0 spiro atoms. The largest absolute Gasteiger partial charge is 0.375 e. The number of nitrogens with one attached hydrogen (secondary N) is 1. The second-order valence-corrected chi connectivity index (χ2v) is 6.71. The average Bonchev–Trinajstić information content (AvgIpc) is 2.54. The molecule has 0 saturated heterocycles. The fraction of sp³-hybridized carbons (Fsp3) is 0.400. The van der Waals surface area contributed by atoms with Gasteiger partial charge in [-0.15, -0.1) is 0 Å². The van der Waals surface area contributed by atoms with E-state index in [1.54, 1.807) is 0 Å². The second kappa shape index (κ2) is 9.71. The first-order valence-electron chi connectivity index (χ1n) is 8.23. The zero-order valence-electron chi connectivity index (χ0n) is 14.0. The van der Waals surface area contributed by atoms with Gasteiger partial charge in [-0.05, 0) is 29.5 Å². The third kappa shape index (κ3) is 6.74. The van der Waals surface area contributed by atoms with E-state index in [9.17, 15) is 0 Å². The van der Waals surface area contributed by atoms with Crippen molar-refractivity contribution in [2.45, 2.75) is 39.5 Å². The van der Waals surface area contributed by atoms with E-state index in [0.29, 0.717) is 25.2 Å². The van der Waals surface area contributed by atoms with Crippen LogP contribution in [0.1, 0.15) is 31.4 Å². The van der Waals surface area contributed by atoms with Gasteiger partial charge < -0.3 is 10.1 Å². The lowest BCUT2D eigenvalue weighted by Gasteiger charge is -2.21. The molecule has 1 atom stereocenters. The molecule has 0 aliphatic heterocycles. The molecule has 0 bridgehead atoms. The van der Waals surface area contributed by atoms with Crippen molar-refractivity contribution in [1.82, 2.24) is 5.32 Å². The van der Waals surface area contributed by atoms with E-state index in [1.807, 2.05) is 36.4 Å². The Morgan fingerprint density at radius 3 is 2.39 bits per heavy atom. The van der Waals surface area contributed by atoms with Crippen molar-refractivity contribution < 1.29 is 4.74 Å². The maximum absolute atomic E-state index is 6.23. The smallest absolute Gasteiger partial charge is 0.0717 e. The highest BCUT2D eigenvalue weighted by molar-refractivity contribution is 6.31. The van der Waals surface area contributed by atoms with Gasteiger partial charge in [0.2, 0.25) is 0 Å². The highest BCUT2D eigenvalue weighted by Gasteiger charge is 2.11. The van der Waals surface area contributed by atoms with Crippen LogP contribution in [0.4, 0.5) is 0 Å². The number of rotatable bonds is 9. The van der Waals surface area contributed by atoms with Crippen molar-refractivity contribution in [3.8, 4) is 0 Å². The van der Waals surface area contributed by atoms with E-state index in [1.165, 1.54) is 5.56 Å². The lowest BCUT2D eigenvalue weighted by Crippen LogP contribution is -2.34. The molecule has 0 fully saturated rings. The molecule has 0 amide bonds. The molecule has 124 valence electrons. The lowest BCUT2D eigenvalue weighted by molar-refractivity contribution is 0.0922. The predicted molar refractivity (Wildman–Crippen MR) is 97.6 cm³/mol. The van der Waals surface area contributed by atoms with Crippen LogP contribution in [0.15, 0.2) is 54.6 Å². The van der Waals surface area contributed by atoms with E-state index < -0.39 is 0 Å². The summed E-state index contributed by atoms with van der Waals surface area (Å²) < 4.78 is 5.91. The molecule has 2 aromatic carbocycles. The zero-order chi connectivity index (χ0) is 16.5. The van der Waals surface area contributed by atoms with Gasteiger partial charge in [-0.2, -0.15) is 0 Å². The van der Waals surface area contributed by atoms with Crippen LogP contribution >= 0.6 is 11.6 Å². The van der Waals surface area contributed by atoms with Crippen LogP contribution in [0.25, 0.3) is 0 Å². The summed E-state index contributed by atoms with van der Waals surface area (Å²) >= 11 is 6.23. The van der Waals surface area contributed by atoms with Crippen LogP contribution in [0.5, 0.6) is 0 Å². The minimum Gasteiger partial charge on any atom is -0.375 e. The summed E-state index contributed by atoms with van der Waals surface area (Å²) in [5.41, 5.74) is 2.34. The van der Waals surface area contributed by atoms with Crippen LogP contribution in [0, 0.1) is 5.92 Å². The molecule has 2 nitrogen and oxygen atoms in total. The molecule has 2 rings (SSSR count). The average molecular weight is 332 g/mol. The summed E-state index contributed by atoms with van der Waals surface area (Å²) in [6.07, 6.45) is 1.08. The lowest BCUT2D eigenvalue weighted by atomic mass is 10.0. The molecular weight excluding hydrogens is 306 g/mol. The zero-order valence-corrected chi connectivity index (χ0v) is 14.7. The van der Waals surface area contributed by atoms with Crippen LogP contribution < -0.4 is 5.32 Å². The molecule has 3 heteroatoms. The molecule has 0 unspecified atom stereocenters. The van der Waals surface area contributed by atoms with E-state index >= 15 is 0 Å². The first kappa shape index (κ1) is 18.0. The Kier molecular flexibility index (Phi) is 7.60. The van der Waals surface area contributed by atoms with Gasteiger partial charge >= 0.3 is 0 Å². The highest BCUT2D eigenvalue weighted by atomic mass is 35.5. The maximum atomic E-state index is 6.23. The van der Waals surface area contributed by atoms with Crippen molar-refractivity contribution in [3.63, 3.8) is 0 Å². The van der Waals surface area contributed by atoms with Crippen LogP contribution in [-0.4, -0.2) is 12.6 Å². The third-order valence-corrected chi connectivity index (χ3v) is 4.09. The molecule has 0 aliphatic rings. The third-order valence-electron chi connectivity index (χ3n) is 3.73. The normalized spacial score (nSPS) is 12.5. The Bertz CT molecular complexity index is 571. The molecule has 0 aromatic heterocycles. The quantitative estimate of drug-likeness (QED) is 0.693. The molecular formula is C20H26ClNO. The van der Waals surface area contributed by atoms with Crippen molar-refractivity contribution in [1.29, 1.82) is 0 Å². The number of halogens is 1. The van der Waals surface area contributed by atoms with Gasteiger partial charge in [0.25, 0.3) is 0 Å². The number of hydrogen-bond donors (Lipinski definition) is 1. The van der Waals surface area contributed by atoms with Crippen LogP contribution in [0.3, 0.4) is 0 Å². The van der Waals surface area contributed by atoms with Gasteiger partial charge in [0.1, 0.15) is 0 Å².